The van der Waals surface area contributed by atoms with Crippen LogP contribution >= 0.6 is 0 Å². The molecule has 0 fully saturated rings. The Morgan fingerprint density at radius 1 is 0.122 bits per heavy atom. The Bertz CT molecular complexity index is 12500. The Labute approximate surface area is 878 Å². The highest BCUT2D eigenvalue weighted by atomic mass is 16.3. The van der Waals surface area contributed by atoms with Crippen LogP contribution in [0.15, 0.2) is 534 Å². The van der Waals surface area contributed by atoms with Gasteiger partial charge in [0.2, 0.25) is 0 Å². The predicted molar refractivity (Wildman–Crippen MR) is 627 cm³/mol. The molecule has 0 bridgehead atoms. The van der Waals surface area contributed by atoms with E-state index in [4.69, 9.17) is 29.7 Å². The summed E-state index contributed by atoms with van der Waals surface area (Å²) in [4.78, 5) is 0. The maximum Gasteiger partial charge on any atom is 0.136 e. The van der Waals surface area contributed by atoms with E-state index in [2.05, 4.69) is 66.7 Å². The molecule has 0 saturated heterocycles. The first-order chi connectivity index (χ1) is 82.9. The second kappa shape index (κ2) is 33.7. The lowest BCUT2D eigenvalue weighted by atomic mass is 9.84. The molecule has 0 spiro atoms. The van der Waals surface area contributed by atoms with Crippen LogP contribution in [0.25, 0.3) is 316 Å². The molecule has 0 amide bonds. The van der Waals surface area contributed by atoms with E-state index in [9.17, 15) is 16.4 Å². The highest BCUT2D eigenvalue weighted by Crippen LogP contribution is 2.54. The van der Waals surface area contributed by atoms with Crippen LogP contribution in [0.5, 0.6) is 0 Å². The lowest BCUT2D eigenvalue weighted by Crippen LogP contribution is -1.91. The smallest absolute Gasteiger partial charge is 0.136 e. The van der Waals surface area contributed by atoms with Crippen LogP contribution in [-0.4, -0.2) is 0 Å². The number of benzene rings is 29. The Kier molecular flexibility index (Phi) is 14.4. The molecular weight excluding hydrogens is 1780 g/mol. The Morgan fingerprint density at radius 3 is 0.748 bits per heavy atom. The van der Waals surface area contributed by atoms with Gasteiger partial charge in [0.05, 0.1) is 32.9 Å². The summed E-state index contributed by atoms with van der Waals surface area (Å²) in [6, 6.07) is 114. The molecule has 0 atom stereocenters. The zero-order chi connectivity index (χ0) is 117. The van der Waals surface area contributed by atoms with Gasteiger partial charge < -0.3 is 13.3 Å². The fraction of sp³-hybridized carbons (Fsp3) is 0. The molecule has 32 rings (SSSR count). The van der Waals surface area contributed by atoms with Crippen LogP contribution in [0.1, 0.15) is 32.9 Å². The first-order valence-corrected chi connectivity index (χ1v) is 48.7. The van der Waals surface area contributed by atoms with Gasteiger partial charge in [-0.2, -0.15) is 0 Å². The summed E-state index contributed by atoms with van der Waals surface area (Å²) in [5, 5.41) is 25.2. The molecule has 680 valence electrons. The van der Waals surface area contributed by atoms with E-state index in [0.717, 1.165) is 135 Å². The number of hydrogen-bond acceptors (Lipinski definition) is 3. The SMILES string of the molecule is [2H]c1c([2H])c([2H])c2c(-c3cccc4oc5cc6ccccc6cc5c34)c3c([2H])c([2H])c([2H])c([2H])c3c(-c3ccc(-c4cc5ccccc5c5ccccc45)cc3)c2c1[2H].[2H]c1c([2H])c([2H])c2c(-c3cccc4oc5cc6ccccc6cc5c34)c3c([2H])c([2H])c([2H])c([2H])c3c(-c3ccc(-c4cccc5c4ccc4ccccc45)cc3)c2c1[2H].[2H]c1c([2H])c([2H])c2c(-c3cccc4oc5cc6ccccc6cc5c34)c3c([2H])c([2H])c([2H])c([2H])c3c(-c3ccc4ccc5ccccc5c4c3)c2c1[2H]. The number of furan rings is 3. The van der Waals surface area contributed by atoms with Crippen molar-refractivity contribution in [2.24, 2.45) is 0 Å². The highest BCUT2D eigenvalue weighted by Gasteiger charge is 2.27. The van der Waals surface area contributed by atoms with E-state index < -0.39 is 72.5 Å². The maximum atomic E-state index is 9.50. The maximum absolute atomic E-state index is 9.50. The third kappa shape index (κ3) is 13.4. The molecule has 0 radical (unpaired) electrons. The molecule has 0 aliphatic heterocycles. The molecular formula is C144H86O3. The molecule has 3 heteroatoms. The predicted octanol–water partition coefficient (Wildman–Crippen LogP) is 41.4. The summed E-state index contributed by atoms with van der Waals surface area (Å²) in [5.74, 6) is 0. The second-order valence-electron chi connectivity index (χ2n) is 37.4. The molecule has 3 nitrogen and oxygen atoms in total. The normalized spacial score (nSPS) is 14.2. The number of fused-ring (bicyclic) bond motifs is 27. The zero-order valence-corrected chi connectivity index (χ0v) is 78.0. The largest absolute Gasteiger partial charge is 0.456 e. The van der Waals surface area contributed by atoms with Gasteiger partial charge in [-0.1, -0.05) is 454 Å². The van der Waals surface area contributed by atoms with Crippen molar-refractivity contribution in [1.82, 2.24) is 0 Å². The van der Waals surface area contributed by atoms with E-state index >= 15 is 0 Å². The van der Waals surface area contributed by atoms with Gasteiger partial charge in [0, 0.05) is 32.3 Å². The third-order valence-corrected chi connectivity index (χ3v) is 29.6. The fourth-order valence-corrected chi connectivity index (χ4v) is 23.1. The van der Waals surface area contributed by atoms with E-state index in [-0.39, 0.29) is 137 Å². The van der Waals surface area contributed by atoms with E-state index in [1.807, 2.05) is 291 Å². The van der Waals surface area contributed by atoms with Crippen LogP contribution in [0.4, 0.5) is 0 Å². The number of rotatable bonds is 8. The van der Waals surface area contributed by atoms with Gasteiger partial charge in [0.25, 0.3) is 0 Å². The van der Waals surface area contributed by atoms with E-state index in [0.29, 0.717) is 116 Å². The fourth-order valence-electron chi connectivity index (χ4n) is 23.1. The van der Waals surface area contributed by atoms with Gasteiger partial charge in [-0.15, -0.1) is 0 Å². The van der Waals surface area contributed by atoms with Crippen LogP contribution in [0, 0.1) is 0 Å². The van der Waals surface area contributed by atoms with Crippen molar-refractivity contribution in [2.75, 3.05) is 0 Å². The summed E-state index contributed by atoms with van der Waals surface area (Å²) in [5.41, 5.74) is 12.5. The quantitative estimate of drug-likeness (QED) is 0.112. The monoisotopic (exact) mass is 1890 g/mol. The molecule has 0 saturated carbocycles. The number of hydrogen-bond donors (Lipinski definition) is 0. The van der Waals surface area contributed by atoms with Gasteiger partial charge in [-0.05, 0) is 317 Å². The van der Waals surface area contributed by atoms with Gasteiger partial charge in [0.1, 0.15) is 33.5 Å². The summed E-state index contributed by atoms with van der Waals surface area (Å²) in [6.07, 6.45) is 0. The van der Waals surface area contributed by atoms with Crippen LogP contribution in [0.3, 0.4) is 0 Å². The third-order valence-electron chi connectivity index (χ3n) is 29.6. The van der Waals surface area contributed by atoms with Crippen molar-refractivity contribution in [3.05, 3.63) is 521 Å². The van der Waals surface area contributed by atoms with Crippen molar-refractivity contribution in [3.8, 4) is 89.0 Å². The minimum absolute atomic E-state index is 0.163. The van der Waals surface area contributed by atoms with Crippen molar-refractivity contribution in [1.29, 1.82) is 0 Å². The molecule has 0 aliphatic rings. The Morgan fingerprint density at radius 2 is 0.367 bits per heavy atom. The molecule has 3 aromatic heterocycles. The Balaban J connectivity index is 0.000000113. The standard InChI is InChI=1S/2C50H30O.C44H26O/c1-2-13-35-30-47-45(29-34(35)12-1)50-44(21-10-22-46(50)51-47)49-42-17-7-5-15-40(42)48(41-16-6-8-18-43(41)49)33-25-23-32(24-26-33)37-19-9-20-38-36-14-4-3-11-31(36)27-28-39(37)38;1-2-13-34-30-47-45(28-33(34)12-1)50-43(22-11-23-46(50)51-47)49-41-20-9-7-18-39(41)48(40-19-8-10-21-42(40)49)32-26-24-31(25-27-32)44-29-35-14-3-4-15-36(35)37-16-5-6-17-38(37)44;1-2-12-30-26-41-39(24-29(30)11-1)44-37(18-9-19-40(44)45-41)43-35-16-7-5-14-33(35)42(34-15-6-8-17-36(34)43)31-23-22-28-21-20-27-10-3-4-13-32(27)38(28)25-31/h2*1-30H;1-26H/i5D,6D,7D,8D,15D,16D,17D,18D;7D,8D,9D,10D,18D,19D,20D,21D;5D,6D,7D,8D,14D,15D,16D,17D. The van der Waals surface area contributed by atoms with Crippen LogP contribution < -0.4 is 0 Å². The summed E-state index contributed by atoms with van der Waals surface area (Å²) in [7, 11) is 0. The highest BCUT2D eigenvalue weighted by molar-refractivity contribution is 6.32. The van der Waals surface area contributed by atoms with E-state index in [1.165, 1.54) is 0 Å². The molecule has 29 aromatic carbocycles. The van der Waals surface area contributed by atoms with E-state index in [1.54, 1.807) is 18.2 Å². The lowest BCUT2D eigenvalue weighted by molar-refractivity contribution is 0.669. The zero-order valence-electron chi connectivity index (χ0n) is 102. The first kappa shape index (κ1) is 62.8. The minimum atomic E-state index is -0.441. The van der Waals surface area contributed by atoms with Gasteiger partial charge >= 0.3 is 0 Å². The van der Waals surface area contributed by atoms with Crippen molar-refractivity contribution in [2.45, 2.75) is 0 Å². The first-order valence-electron chi connectivity index (χ1n) is 60.7. The second-order valence-corrected chi connectivity index (χ2v) is 37.4. The van der Waals surface area contributed by atoms with Gasteiger partial charge in [0.15, 0.2) is 0 Å². The molecule has 0 unspecified atom stereocenters. The van der Waals surface area contributed by atoms with Crippen molar-refractivity contribution >= 4 is 227 Å². The van der Waals surface area contributed by atoms with Gasteiger partial charge in [-0.3, -0.25) is 0 Å². The minimum Gasteiger partial charge on any atom is -0.456 e. The molecule has 0 N–H and O–H groups in total. The summed E-state index contributed by atoms with van der Waals surface area (Å²) < 4.78 is 239. The lowest BCUT2D eigenvalue weighted by Gasteiger charge is -2.18. The Hall–Kier alpha value is -19.3. The van der Waals surface area contributed by atoms with Crippen LogP contribution in [0.2, 0.25) is 0 Å². The molecule has 0 aliphatic carbocycles. The van der Waals surface area contributed by atoms with Gasteiger partial charge in [-0.25, -0.2) is 0 Å². The summed E-state index contributed by atoms with van der Waals surface area (Å²) in [6.45, 7) is 0. The van der Waals surface area contributed by atoms with Crippen molar-refractivity contribution < 1.29 is 46.1 Å². The summed E-state index contributed by atoms with van der Waals surface area (Å²) >= 11 is 0. The van der Waals surface area contributed by atoms with Crippen molar-refractivity contribution in [3.63, 3.8) is 0 Å². The topological polar surface area (TPSA) is 39.4 Å². The molecule has 3 heterocycles. The molecule has 147 heavy (non-hydrogen) atoms. The molecule has 32 aromatic rings. The average molecular weight is 1890 g/mol. The average Bonchev–Trinajstić information content (AvgIpc) is 1.61. The van der Waals surface area contributed by atoms with Crippen LogP contribution in [-0.2, 0) is 0 Å².